The Bertz CT molecular complexity index is 843. The van der Waals surface area contributed by atoms with E-state index in [1.807, 2.05) is 6.92 Å². The lowest BCUT2D eigenvalue weighted by Gasteiger charge is -2.30. The van der Waals surface area contributed by atoms with Crippen molar-refractivity contribution in [1.82, 2.24) is 4.98 Å². The van der Waals surface area contributed by atoms with Gasteiger partial charge in [0.1, 0.15) is 11.5 Å². The lowest BCUT2D eigenvalue weighted by atomic mass is 9.89. The number of benzene rings is 1. The summed E-state index contributed by atoms with van der Waals surface area (Å²) < 4.78 is 14.4. The van der Waals surface area contributed by atoms with Crippen LogP contribution >= 0.6 is 23.4 Å². The highest BCUT2D eigenvalue weighted by atomic mass is 35.5. The Balaban J connectivity index is 1.88. The molecule has 1 atom stereocenters. The average molecular weight is 379 g/mol. The van der Waals surface area contributed by atoms with Gasteiger partial charge in [-0.2, -0.15) is 0 Å². The molecule has 3 rings (SSSR count). The average Bonchev–Trinajstić information content (AvgIpc) is 2.57. The third kappa shape index (κ3) is 3.93. The van der Waals surface area contributed by atoms with Gasteiger partial charge in [0.25, 0.3) is 5.91 Å². The molecule has 0 unspecified atom stereocenters. The van der Waals surface area contributed by atoms with Crippen LogP contribution in [-0.4, -0.2) is 21.8 Å². The number of aromatic nitrogens is 1. The molecule has 0 radical (unpaired) electrons. The zero-order valence-electron chi connectivity index (χ0n) is 13.4. The number of nitrogens with one attached hydrogen (secondary N) is 1. The zero-order valence-corrected chi connectivity index (χ0v) is 15.0. The van der Waals surface area contributed by atoms with Crippen LogP contribution < -0.4 is 11.1 Å². The fourth-order valence-electron chi connectivity index (χ4n) is 2.60. The zero-order chi connectivity index (χ0) is 18.0. The first-order chi connectivity index (χ1) is 11.9. The monoisotopic (exact) mass is 378 g/mol. The smallest absolute Gasteiger partial charge is 0.274 e. The second kappa shape index (κ2) is 7.01. The van der Waals surface area contributed by atoms with E-state index in [1.165, 1.54) is 36.2 Å². The van der Waals surface area contributed by atoms with Crippen molar-refractivity contribution >= 4 is 40.1 Å². The van der Waals surface area contributed by atoms with Crippen molar-refractivity contribution in [3.63, 3.8) is 0 Å². The van der Waals surface area contributed by atoms with Gasteiger partial charge in [0.2, 0.25) is 0 Å². The number of carbonyl (C=O) groups excluding carboxylic acids is 1. The van der Waals surface area contributed by atoms with Gasteiger partial charge in [-0.25, -0.2) is 9.37 Å². The van der Waals surface area contributed by atoms with E-state index in [0.717, 1.165) is 5.75 Å². The summed E-state index contributed by atoms with van der Waals surface area (Å²) in [5, 5.41) is 3.60. The van der Waals surface area contributed by atoms with E-state index in [1.54, 1.807) is 12.1 Å². The first-order valence-corrected chi connectivity index (χ1v) is 8.95. The van der Waals surface area contributed by atoms with Crippen molar-refractivity contribution in [3.05, 3.63) is 58.6 Å². The highest BCUT2D eigenvalue weighted by Gasteiger charge is 2.32. The van der Waals surface area contributed by atoms with Crippen molar-refractivity contribution < 1.29 is 9.18 Å². The third-order valence-corrected chi connectivity index (χ3v) is 4.98. The molecule has 0 saturated carbocycles. The van der Waals surface area contributed by atoms with Crippen LogP contribution in [-0.2, 0) is 5.54 Å². The van der Waals surface area contributed by atoms with Gasteiger partial charge in [0.15, 0.2) is 5.17 Å². The van der Waals surface area contributed by atoms with E-state index >= 15 is 0 Å². The van der Waals surface area contributed by atoms with Crippen molar-refractivity contribution in [2.75, 3.05) is 11.1 Å². The predicted molar refractivity (Wildman–Crippen MR) is 99.6 cm³/mol. The van der Waals surface area contributed by atoms with Gasteiger partial charge in [0.05, 0.1) is 10.6 Å². The summed E-state index contributed by atoms with van der Waals surface area (Å²) in [5.74, 6) is -0.0218. The highest BCUT2D eigenvalue weighted by Crippen LogP contribution is 2.37. The van der Waals surface area contributed by atoms with Crippen LogP contribution in [0.5, 0.6) is 0 Å². The maximum atomic E-state index is 14.4. The molecule has 1 aromatic heterocycles. The Morgan fingerprint density at radius 1 is 1.40 bits per heavy atom. The van der Waals surface area contributed by atoms with Crippen LogP contribution in [0.2, 0.25) is 5.02 Å². The van der Waals surface area contributed by atoms with Crippen LogP contribution in [0, 0.1) is 5.82 Å². The normalized spacial score (nSPS) is 20.0. The van der Waals surface area contributed by atoms with Crippen LogP contribution in [0.15, 0.2) is 41.5 Å². The van der Waals surface area contributed by atoms with Gasteiger partial charge in [0, 0.05) is 23.2 Å². The Morgan fingerprint density at radius 3 is 2.88 bits per heavy atom. The fraction of sp³-hybridized carbons (Fsp3) is 0.235. The van der Waals surface area contributed by atoms with E-state index in [0.29, 0.717) is 27.9 Å². The number of nitrogens with zero attached hydrogens (tertiary/aromatic N) is 2. The molecule has 130 valence electrons. The molecule has 25 heavy (non-hydrogen) atoms. The van der Waals surface area contributed by atoms with Gasteiger partial charge < -0.3 is 11.1 Å². The number of amidine groups is 1. The molecule has 1 aliphatic heterocycles. The number of anilines is 1. The molecule has 1 aliphatic rings. The minimum Gasteiger partial charge on any atom is -0.379 e. The number of aliphatic imine (C=N–C) groups is 1. The second-order valence-electron chi connectivity index (χ2n) is 5.83. The number of nitrogens with two attached hydrogens (primary N) is 1. The summed E-state index contributed by atoms with van der Waals surface area (Å²) in [4.78, 5) is 20.6. The van der Waals surface area contributed by atoms with Crippen molar-refractivity contribution in [1.29, 1.82) is 0 Å². The molecule has 1 amide bonds. The summed E-state index contributed by atoms with van der Waals surface area (Å²) in [6, 6.07) is 7.51. The van der Waals surface area contributed by atoms with Crippen molar-refractivity contribution in [3.8, 4) is 0 Å². The lowest BCUT2D eigenvalue weighted by Crippen LogP contribution is -2.29. The van der Waals surface area contributed by atoms with Gasteiger partial charge in [-0.15, -0.1) is 0 Å². The molecule has 5 nitrogen and oxygen atoms in total. The summed E-state index contributed by atoms with van der Waals surface area (Å²) in [6.45, 7) is 1.84. The minimum atomic E-state index is -0.751. The minimum absolute atomic E-state index is 0.220. The quantitative estimate of drug-likeness (QED) is 0.851. The van der Waals surface area contributed by atoms with E-state index in [2.05, 4.69) is 15.3 Å². The van der Waals surface area contributed by atoms with E-state index in [-0.39, 0.29) is 11.5 Å². The van der Waals surface area contributed by atoms with Crippen molar-refractivity contribution in [2.24, 2.45) is 10.7 Å². The number of carbonyl (C=O) groups is 1. The third-order valence-electron chi connectivity index (χ3n) is 3.96. The van der Waals surface area contributed by atoms with E-state index in [4.69, 9.17) is 17.3 Å². The summed E-state index contributed by atoms with van der Waals surface area (Å²) >= 11 is 7.22. The molecular formula is C17H16ClFN4OS. The van der Waals surface area contributed by atoms with Gasteiger partial charge in [-0.3, -0.25) is 9.79 Å². The van der Waals surface area contributed by atoms with Crippen LogP contribution in [0.3, 0.4) is 0 Å². The maximum absolute atomic E-state index is 14.4. The molecule has 3 N–H and O–H groups in total. The molecule has 0 fully saturated rings. The first kappa shape index (κ1) is 17.7. The number of halogens is 2. The van der Waals surface area contributed by atoms with Crippen LogP contribution in [0.1, 0.15) is 29.4 Å². The number of amides is 1. The summed E-state index contributed by atoms with van der Waals surface area (Å²) in [5.41, 5.74) is 6.14. The van der Waals surface area contributed by atoms with Gasteiger partial charge >= 0.3 is 0 Å². The Morgan fingerprint density at radius 2 is 2.20 bits per heavy atom. The van der Waals surface area contributed by atoms with Crippen LogP contribution in [0.4, 0.5) is 10.1 Å². The van der Waals surface area contributed by atoms with E-state index in [9.17, 15) is 9.18 Å². The molecule has 0 bridgehead atoms. The number of pyridine rings is 1. The molecular weight excluding hydrogens is 363 g/mol. The van der Waals surface area contributed by atoms with Gasteiger partial charge in [-0.05, 0) is 43.7 Å². The number of rotatable bonds is 3. The maximum Gasteiger partial charge on any atom is 0.274 e. The SMILES string of the molecule is C[C@]1(c2cc(NC(=O)c3ccc(Cl)cn3)ccc2F)CCSC(N)=N1. The van der Waals surface area contributed by atoms with Crippen LogP contribution in [0.25, 0.3) is 0 Å². The predicted octanol–water partition coefficient (Wildman–Crippen LogP) is 3.79. The Labute approximate surface area is 153 Å². The lowest BCUT2D eigenvalue weighted by molar-refractivity contribution is 0.102. The first-order valence-electron chi connectivity index (χ1n) is 7.58. The molecule has 0 spiro atoms. The summed E-state index contributed by atoms with van der Waals surface area (Å²) in [6.07, 6.45) is 2.05. The van der Waals surface area contributed by atoms with Gasteiger partial charge in [-0.1, -0.05) is 23.4 Å². The molecule has 0 saturated heterocycles. The standard InChI is InChI=1S/C17H16ClFN4OS/c1-17(6-7-25-16(20)23-17)12-8-11(3-4-13(12)19)22-15(24)14-5-2-10(18)9-21-14/h2-5,8-9H,6-7H2,1H3,(H2,20,23)(H,22,24)/t17-/m1/s1. The Kier molecular flexibility index (Phi) is 4.96. The topological polar surface area (TPSA) is 80.4 Å². The largest absolute Gasteiger partial charge is 0.379 e. The number of hydrogen-bond acceptors (Lipinski definition) is 5. The van der Waals surface area contributed by atoms with E-state index < -0.39 is 11.4 Å². The van der Waals surface area contributed by atoms with Crippen molar-refractivity contribution in [2.45, 2.75) is 18.9 Å². The number of hydrogen-bond donors (Lipinski definition) is 2. The molecule has 2 heterocycles. The second-order valence-corrected chi connectivity index (χ2v) is 7.38. The highest BCUT2D eigenvalue weighted by molar-refractivity contribution is 8.13. The summed E-state index contributed by atoms with van der Waals surface area (Å²) in [7, 11) is 0. The molecule has 1 aromatic carbocycles. The Hall–Kier alpha value is -2.12. The number of thioether (sulfide) groups is 1. The molecule has 0 aliphatic carbocycles. The molecule has 2 aromatic rings. The molecule has 8 heteroatoms. The fourth-order valence-corrected chi connectivity index (χ4v) is 3.69.